The molecular formula is C12H17NO3S. The molecule has 2 rings (SSSR count). The van der Waals surface area contributed by atoms with Crippen LogP contribution in [-0.4, -0.2) is 38.0 Å². The Morgan fingerprint density at radius 2 is 1.65 bits per heavy atom. The number of sulfonamides is 1. The van der Waals surface area contributed by atoms with E-state index >= 15 is 0 Å². The lowest BCUT2D eigenvalue weighted by atomic mass is 10.3. The zero-order valence-electron chi connectivity index (χ0n) is 10.0. The van der Waals surface area contributed by atoms with Crippen molar-refractivity contribution < 1.29 is 13.2 Å². The van der Waals surface area contributed by atoms with E-state index < -0.39 is 10.0 Å². The van der Waals surface area contributed by atoms with Crippen molar-refractivity contribution in [1.29, 1.82) is 0 Å². The fourth-order valence-electron chi connectivity index (χ4n) is 2.07. The van der Waals surface area contributed by atoms with Crippen molar-refractivity contribution in [2.24, 2.45) is 0 Å². The Kier molecular flexibility index (Phi) is 3.51. The van der Waals surface area contributed by atoms with Crippen molar-refractivity contribution in [1.82, 2.24) is 4.31 Å². The summed E-state index contributed by atoms with van der Waals surface area (Å²) in [6.45, 7) is 4.62. The van der Waals surface area contributed by atoms with Crippen molar-refractivity contribution >= 4 is 10.0 Å². The van der Waals surface area contributed by atoms with Gasteiger partial charge in [0.15, 0.2) is 0 Å². The molecule has 0 aliphatic carbocycles. The maximum absolute atomic E-state index is 12.3. The number of nitrogens with zero attached hydrogens (tertiary/aromatic N) is 1. The lowest BCUT2D eigenvalue weighted by Crippen LogP contribution is -2.48. The first-order valence-corrected chi connectivity index (χ1v) is 7.15. The second-order valence-corrected chi connectivity index (χ2v) is 6.33. The van der Waals surface area contributed by atoms with Crippen LogP contribution in [0.3, 0.4) is 0 Å². The molecule has 0 aromatic heterocycles. The number of hydrogen-bond donors (Lipinski definition) is 0. The first kappa shape index (κ1) is 12.5. The first-order valence-electron chi connectivity index (χ1n) is 5.71. The molecule has 5 heteroatoms. The summed E-state index contributed by atoms with van der Waals surface area (Å²) < 4.78 is 31.7. The van der Waals surface area contributed by atoms with Gasteiger partial charge in [0.1, 0.15) is 0 Å². The summed E-state index contributed by atoms with van der Waals surface area (Å²) in [5.41, 5.74) is 0. The third kappa shape index (κ3) is 2.68. The predicted molar refractivity (Wildman–Crippen MR) is 65.2 cm³/mol. The maximum Gasteiger partial charge on any atom is 0.243 e. The average Bonchev–Trinajstić information content (AvgIpc) is 2.29. The zero-order chi connectivity index (χ0) is 12.5. The number of rotatable bonds is 2. The molecule has 0 bridgehead atoms. The van der Waals surface area contributed by atoms with Crippen LogP contribution >= 0.6 is 0 Å². The van der Waals surface area contributed by atoms with Crippen LogP contribution in [0.2, 0.25) is 0 Å². The SMILES string of the molecule is C[C@@H]1CN(S(=O)(=O)c2ccccc2)C[C@@H](C)O1. The van der Waals surface area contributed by atoms with Crippen LogP contribution in [0.1, 0.15) is 13.8 Å². The first-order chi connectivity index (χ1) is 8.00. The Hall–Kier alpha value is -0.910. The molecule has 1 aliphatic rings. The fraction of sp³-hybridized carbons (Fsp3) is 0.500. The molecule has 1 heterocycles. The van der Waals surface area contributed by atoms with Crippen molar-refractivity contribution in [2.75, 3.05) is 13.1 Å². The van der Waals surface area contributed by atoms with Gasteiger partial charge in [-0.15, -0.1) is 0 Å². The zero-order valence-corrected chi connectivity index (χ0v) is 10.9. The van der Waals surface area contributed by atoms with E-state index in [1.165, 1.54) is 4.31 Å². The molecular weight excluding hydrogens is 238 g/mol. The Morgan fingerprint density at radius 1 is 1.12 bits per heavy atom. The van der Waals surface area contributed by atoms with Crippen molar-refractivity contribution in [2.45, 2.75) is 31.0 Å². The van der Waals surface area contributed by atoms with Crippen LogP contribution in [0.5, 0.6) is 0 Å². The lowest BCUT2D eigenvalue weighted by Gasteiger charge is -2.34. The van der Waals surface area contributed by atoms with E-state index in [1.807, 2.05) is 19.9 Å². The number of morpholine rings is 1. The molecule has 1 saturated heterocycles. The summed E-state index contributed by atoms with van der Waals surface area (Å²) in [4.78, 5) is 0.348. The van der Waals surface area contributed by atoms with Gasteiger partial charge in [0.25, 0.3) is 0 Å². The highest BCUT2D eigenvalue weighted by Gasteiger charge is 2.31. The Balaban J connectivity index is 2.27. The van der Waals surface area contributed by atoms with Crippen LogP contribution in [0.25, 0.3) is 0 Å². The van der Waals surface area contributed by atoms with Crippen LogP contribution < -0.4 is 0 Å². The van der Waals surface area contributed by atoms with Gasteiger partial charge in [0, 0.05) is 13.1 Å². The second-order valence-electron chi connectivity index (χ2n) is 4.39. The van der Waals surface area contributed by atoms with Crippen LogP contribution in [0, 0.1) is 0 Å². The highest BCUT2D eigenvalue weighted by atomic mass is 32.2. The van der Waals surface area contributed by atoms with Crippen LogP contribution in [0.4, 0.5) is 0 Å². The molecule has 94 valence electrons. The Labute approximate surface area is 102 Å². The van der Waals surface area contributed by atoms with Crippen molar-refractivity contribution in [3.63, 3.8) is 0 Å². The van der Waals surface area contributed by atoms with Crippen molar-refractivity contribution in [3.8, 4) is 0 Å². The standard InChI is InChI=1S/C12H17NO3S/c1-10-8-13(9-11(2)16-10)17(14,15)12-6-4-3-5-7-12/h3-7,10-11H,8-9H2,1-2H3/t10-,11-/m1/s1. The largest absolute Gasteiger partial charge is 0.373 e. The van der Waals surface area contributed by atoms with E-state index in [2.05, 4.69) is 0 Å². The molecule has 17 heavy (non-hydrogen) atoms. The third-order valence-electron chi connectivity index (χ3n) is 2.77. The minimum atomic E-state index is -3.37. The molecule has 1 aromatic rings. The van der Waals surface area contributed by atoms with Crippen molar-refractivity contribution in [3.05, 3.63) is 30.3 Å². The van der Waals surface area contributed by atoms with Crippen LogP contribution in [0.15, 0.2) is 35.2 Å². The Bertz CT molecular complexity index is 462. The summed E-state index contributed by atoms with van der Waals surface area (Å²) in [6.07, 6.45) is -0.116. The smallest absolute Gasteiger partial charge is 0.243 e. The molecule has 1 fully saturated rings. The average molecular weight is 255 g/mol. The van der Waals surface area contributed by atoms with Gasteiger partial charge >= 0.3 is 0 Å². The second kappa shape index (κ2) is 4.76. The summed E-state index contributed by atoms with van der Waals surface area (Å²) in [6, 6.07) is 8.53. The van der Waals surface area contributed by atoms with E-state index in [9.17, 15) is 8.42 Å². The normalized spacial score (nSPS) is 26.9. The molecule has 1 aromatic carbocycles. The summed E-state index contributed by atoms with van der Waals surface area (Å²) in [5, 5.41) is 0. The summed E-state index contributed by atoms with van der Waals surface area (Å²) in [7, 11) is -3.37. The monoisotopic (exact) mass is 255 g/mol. The molecule has 0 N–H and O–H groups in total. The molecule has 2 atom stereocenters. The maximum atomic E-state index is 12.3. The summed E-state index contributed by atoms with van der Waals surface area (Å²) >= 11 is 0. The van der Waals surface area contributed by atoms with Gasteiger partial charge in [-0.25, -0.2) is 8.42 Å². The lowest BCUT2D eigenvalue weighted by molar-refractivity contribution is -0.0440. The minimum Gasteiger partial charge on any atom is -0.373 e. The highest BCUT2D eigenvalue weighted by Crippen LogP contribution is 2.20. The van der Waals surface area contributed by atoms with Gasteiger partial charge in [-0.2, -0.15) is 4.31 Å². The molecule has 0 unspecified atom stereocenters. The van der Waals surface area contributed by atoms with E-state index in [-0.39, 0.29) is 12.2 Å². The molecule has 0 saturated carbocycles. The predicted octanol–water partition coefficient (Wildman–Crippen LogP) is 1.48. The molecule has 0 spiro atoms. The van der Waals surface area contributed by atoms with E-state index in [4.69, 9.17) is 4.74 Å². The van der Waals surface area contributed by atoms with Gasteiger partial charge in [0.2, 0.25) is 10.0 Å². The van der Waals surface area contributed by atoms with Gasteiger partial charge in [0.05, 0.1) is 17.1 Å². The number of hydrogen-bond acceptors (Lipinski definition) is 3. The topological polar surface area (TPSA) is 46.6 Å². The van der Waals surface area contributed by atoms with E-state index in [1.54, 1.807) is 24.3 Å². The number of benzene rings is 1. The quantitative estimate of drug-likeness (QED) is 0.804. The van der Waals surface area contributed by atoms with Crippen LogP contribution in [-0.2, 0) is 14.8 Å². The molecule has 0 amide bonds. The Morgan fingerprint density at radius 3 is 2.18 bits per heavy atom. The molecule has 1 aliphatic heterocycles. The molecule has 4 nitrogen and oxygen atoms in total. The van der Waals surface area contributed by atoms with Gasteiger partial charge in [-0.1, -0.05) is 18.2 Å². The van der Waals surface area contributed by atoms with Gasteiger partial charge < -0.3 is 4.74 Å². The molecule has 0 radical (unpaired) electrons. The fourth-order valence-corrected chi connectivity index (χ4v) is 3.68. The highest BCUT2D eigenvalue weighted by molar-refractivity contribution is 7.89. The minimum absolute atomic E-state index is 0.0581. The van der Waals surface area contributed by atoms with E-state index in [0.29, 0.717) is 18.0 Å². The number of ether oxygens (including phenoxy) is 1. The van der Waals surface area contributed by atoms with Gasteiger partial charge in [-0.3, -0.25) is 0 Å². The van der Waals surface area contributed by atoms with E-state index in [0.717, 1.165) is 0 Å². The summed E-state index contributed by atoms with van der Waals surface area (Å²) in [5.74, 6) is 0. The van der Waals surface area contributed by atoms with Gasteiger partial charge in [-0.05, 0) is 26.0 Å². The third-order valence-corrected chi connectivity index (χ3v) is 4.61.